The summed E-state index contributed by atoms with van der Waals surface area (Å²) < 4.78 is 5.75. The molecule has 2 aromatic carbocycles. The molecule has 0 unspecified atom stereocenters. The van der Waals surface area contributed by atoms with Crippen LogP contribution >= 0.6 is 23.2 Å². The van der Waals surface area contributed by atoms with E-state index in [1.807, 2.05) is 12.1 Å². The lowest BCUT2D eigenvalue weighted by Crippen LogP contribution is -2.39. The van der Waals surface area contributed by atoms with Crippen molar-refractivity contribution in [3.05, 3.63) is 69.3 Å². The zero-order valence-electron chi connectivity index (χ0n) is 19.2. The van der Waals surface area contributed by atoms with Gasteiger partial charge < -0.3 is 20.1 Å². The van der Waals surface area contributed by atoms with E-state index in [-0.39, 0.29) is 36.6 Å². The van der Waals surface area contributed by atoms with Crippen molar-refractivity contribution >= 4 is 46.4 Å². The first-order valence-corrected chi connectivity index (χ1v) is 12.1. The number of aliphatic hydroxyl groups is 1. The molecule has 1 aromatic heterocycles. The third-order valence-electron chi connectivity index (χ3n) is 6.50. The summed E-state index contributed by atoms with van der Waals surface area (Å²) in [6, 6.07) is 11.0. The second-order valence-corrected chi connectivity index (χ2v) is 9.58. The Kier molecular flexibility index (Phi) is 6.80. The van der Waals surface area contributed by atoms with Crippen molar-refractivity contribution in [3.8, 4) is 5.88 Å². The van der Waals surface area contributed by atoms with Gasteiger partial charge in [-0.05, 0) is 74.3 Å². The number of likely N-dealkylation sites (tertiary alicyclic amines) is 1. The van der Waals surface area contributed by atoms with E-state index in [0.717, 1.165) is 37.2 Å². The van der Waals surface area contributed by atoms with E-state index >= 15 is 0 Å². The minimum atomic E-state index is -0.349. The van der Waals surface area contributed by atoms with Crippen molar-refractivity contribution in [3.63, 3.8) is 0 Å². The number of nitrogens with zero attached hydrogens (tertiary/aromatic N) is 4. The highest BCUT2D eigenvalue weighted by Gasteiger charge is 2.31. The molecule has 0 spiro atoms. The lowest BCUT2D eigenvalue weighted by atomic mass is 9.86. The predicted molar refractivity (Wildman–Crippen MR) is 136 cm³/mol. The molecule has 0 aliphatic carbocycles. The highest BCUT2D eigenvalue weighted by Crippen LogP contribution is 2.37. The van der Waals surface area contributed by atoms with Crippen LogP contribution in [0.5, 0.6) is 5.88 Å². The number of hydrogen-bond acceptors (Lipinski definition) is 7. The number of fused-ring (bicyclic) bond motifs is 1. The van der Waals surface area contributed by atoms with Gasteiger partial charge in [-0.25, -0.2) is 4.98 Å². The van der Waals surface area contributed by atoms with Crippen LogP contribution in [0.3, 0.4) is 0 Å². The molecule has 10 heteroatoms. The first-order chi connectivity index (χ1) is 16.9. The summed E-state index contributed by atoms with van der Waals surface area (Å²) in [5.74, 6) is 0.559. The van der Waals surface area contributed by atoms with Crippen LogP contribution in [0.1, 0.15) is 40.2 Å². The van der Waals surface area contributed by atoms with E-state index in [1.54, 1.807) is 18.2 Å². The van der Waals surface area contributed by atoms with Crippen molar-refractivity contribution in [2.24, 2.45) is 0 Å². The molecule has 0 radical (unpaired) electrons. The number of para-hydroxylation sites is 1. The Morgan fingerprint density at radius 3 is 2.63 bits per heavy atom. The molecule has 1 amide bonds. The van der Waals surface area contributed by atoms with Crippen LogP contribution in [0.15, 0.2) is 42.6 Å². The number of ether oxygens (including phenoxy) is 1. The van der Waals surface area contributed by atoms with Crippen molar-refractivity contribution < 1.29 is 14.6 Å². The second-order valence-electron chi connectivity index (χ2n) is 8.76. The quantitative estimate of drug-likeness (QED) is 0.504. The number of nitrogens with one attached hydrogen (secondary N) is 1. The van der Waals surface area contributed by atoms with E-state index in [0.29, 0.717) is 21.7 Å². The SMILES string of the molecule is CN1CCC(c2ccc(Nc3ncc4c(n3)OCN(c3c(Cl)cccc3Cl)C4=O)cc2CO)CC1. The van der Waals surface area contributed by atoms with Crippen LogP contribution in [0.4, 0.5) is 17.3 Å². The molecule has 1 saturated heterocycles. The first kappa shape index (κ1) is 23.8. The average Bonchev–Trinajstić information content (AvgIpc) is 2.86. The van der Waals surface area contributed by atoms with Gasteiger partial charge in [0.05, 0.1) is 22.3 Å². The van der Waals surface area contributed by atoms with Gasteiger partial charge in [0.1, 0.15) is 5.56 Å². The Hall–Kier alpha value is -2.91. The van der Waals surface area contributed by atoms with Crippen LogP contribution < -0.4 is 15.0 Å². The van der Waals surface area contributed by atoms with Gasteiger partial charge in [-0.3, -0.25) is 9.69 Å². The summed E-state index contributed by atoms with van der Waals surface area (Å²) in [5.41, 5.74) is 3.42. The third-order valence-corrected chi connectivity index (χ3v) is 7.11. The molecule has 1 fully saturated rings. The van der Waals surface area contributed by atoms with Gasteiger partial charge in [-0.15, -0.1) is 0 Å². The van der Waals surface area contributed by atoms with Gasteiger partial charge in [0.25, 0.3) is 5.91 Å². The van der Waals surface area contributed by atoms with Crippen LogP contribution in [0.2, 0.25) is 10.0 Å². The molecular weight excluding hydrogens is 489 g/mol. The number of piperidine rings is 1. The smallest absolute Gasteiger partial charge is 0.268 e. The molecule has 0 bridgehead atoms. The Morgan fingerprint density at radius 2 is 1.91 bits per heavy atom. The van der Waals surface area contributed by atoms with E-state index in [4.69, 9.17) is 27.9 Å². The maximum atomic E-state index is 13.1. The number of aromatic nitrogens is 2. The van der Waals surface area contributed by atoms with Crippen LogP contribution in [-0.4, -0.2) is 52.7 Å². The number of carbonyl (C=O) groups excluding carboxylic acids is 1. The molecule has 5 rings (SSSR count). The lowest BCUT2D eigenvalue weighted by Gasteiger charge is -2.30. The minimum Gasteiger partial charge on any atom is -0.455 e. The van der Waals surface area contributed by atoms with Gasteiger partial charge in [-0.2, -0.15) is 4.98 Å². The van der Waals surface area contributed by atoms with Crippen molar-refractivity contribution in [2.75, 3.05) is 37.1 Å². The topological polar surface area (TPSA) is 90.8 Å². The molecule has 182 valence electrons. The van der Waals surface area contributed by atoms with E-state index in [9.17, 15) is 9.90 Å². The second kappa shape index (κ2) is 9.99. The predicted octanol–water partition coefficient (Wildman–Crippen LogP) is 4.83. The molecular formula is C25H25Cl2N5O3. The summed E-state index contributed by atoms with van der Waals surface area (Å²) in [5, 5.41) is 13.8. The number of aliphatic hydroxyl groups excluding tert-OH is 1. The Labute approximate surface area is 213 Å². The minimum absolute atomic E-state index is 0.0414. The van der Waals surface area contributed by atoms with E-state index in [2.05, 4.69) is 33.3 Å². The fourth-order valence-corrected chi connectivity index (χ4v) is 5.19. The highest BCUT2D eigenvalue weighted by atomic mass is 35.5. The molecule has 8 nitrogen and oxygen atoms in total. The fourth-order valence-electron chi connectivity index (χ4n) is 4.59. The van der Waals surface area contributed by atoms with Gasteiger partial charge in [-0.1, -0.05) is 35.3 Å². The summed E-state index contributed by atoms with van der Waals surface area (Å²) in [6.07, 6.45) is 3.57. The Balaban J connectivity index is 1.35. The maximum absolute atomic E-state index is 13.1. The Morgan fingerprint density at radius 1 is 1.17 bits per heavy atom. The zero-order valence-corrected chi connectivity index (χ0v) is 20.7. The van der Waals surface area contributed by atoms with Crippen molar-refractivity contribution in [1.29, 1.82) is 0 Å². The van der Waals surface area contributed by atoms with Crippen LogP contribution in [0.25, 0.3) is 0 Å². The summed E-state index contributed by atoms with van der Waals surface area (Å²) >= 11 is 12.5. The molecule has 2 aliphatic rings. The normalized spacial score (nSPS) is 16.7. The van der Waals surface area contributed by atoms with Crippen molar-refractivity contribution in [2.45, 2.75) is 25.4 Å². The third kappa shape index (κ3) is 4.79. The summed E-state index contributed by atoms with van der Waals surface area (Å²) in [4.78, 5) is 25.5. The number of benzene rings is 2. The van der Waals surface area contributed by atoms with Crippen molar-refractivity contribution in [1.82, 2.24) is 14.9 Å². The van der Waals surface area contributed by atoms with Crippen LogP contribution in [-0.2, 0) is 6.61 Å². The largest absolute Gasteiger partial charge is 0.455 e. The van der Waals surface area contributed by atoms with Crippen LogP contribution in [0, 0.1) is 0 Å². The monoisotopic (exact) mass is 513 g/mol. The van der Waals surface area contributed by atoms with E-state index in [1.165, 1.54) is 16.7 Å². The highest BCUT2D eigenvalue weighted by molar-refractivity contribution is 6.40. The standard InChI is InChI=1S/C25H25Cl2N5O3/c1-31-9-7-15(8-10-31)18-6-5-17(11-16(18)13-33)29-25-28-12-19-23(30-25)35-14-32(24(19)34)22-20(26)3-2-4-21(22)27/h2-6,11-12,15,33H,7-10,13-14H2,1H3,(H,28,29,30). The zero-order chi connectivity index (χ0) is 24.5. The van der Waals surface area contributed by atoms with E-state index < -0.39 is 0 Å². The number of halogens is 2. The molecule has 0 atom stereocenters. The molecule has 3 aromatic rings. The summed E-state index contributed by atoms with van der Waals surface area (Å²) in [6.45, 7) is 1.99. The summed E-state index contributed by atoms with van der Waals surface area (Å²) in [7, 11) is 2.13. The molecule has 2 aliphatic heterocycles. The number of rotatable bonds is 5. The Bertz CT molecular complexity index is 1240. The lowest BCUT2D eigenvalue weighted by molar-refractivity contribution is 0.0932. The van der Waals surface area contributed by atoms with Gasteiger partial charge in [0.15, 0.2) is 6.73 Å². The number of carbonyl (C=O) groups is 1. The number of amides is 1. The maximum Gasteiger partial charge on any atom is 0.268 e. The first-order valence-electron chi connectivity index (χ1n) is 11.4. The molecule has 35 heavy (non-hydrogen) atoms. The molecule has 3 heterocycles. The van der Waals surface area contributed by atoms with Gasteiger partial charge >= 0.3 is 0 Å². The number of hydrogen-bond donors (Lipinski definition) is 2. The fraction of sp³-hybridized carbons (Fsp3) is 0.320. The molecule has 0 saturated carbocycles. The van der Waals surface area contributed by atoms with Gasteiger partial charge in [0.2, 0.25) is 11.8 Å². The number of anilines is 3. The van der Waals surface area contributed by atoms with Gasteiger partial charge in [0, 0.05) is 11.9 Å². The average molecular weight is 514 g/mol. The molecule has 2 N–H and O–H groups in total.